The topological polar surface area (TPSA) is 62.5 Å². The molecule has 1 N–H and O–H groups in total. The van der Waals surface area contributed by atoms with Crippen LogP contribution in [0.4, 0.5) is 18.9 Å². The van der Waals surface area contributed by atoms with E-state index < -0.39 is 31.0 Å². The SMILES string of the molecule is Cc1cc(C(=O)CN(CC(=O)O)c2ccccc2)c(C)n1CC(F)(F)F. The van der Waals surface area contributed by atoms with Crippen LogP contribution in [0.2, 0.25) is 0 Å². The van der Waals surface area contributed by atoms with Crippen LogP contribution in [-0.2, 0) is 11.3 Å². The van der Waals surface area contributed by atoms with Gasteiger partial charge in [-0.25, -0.2) is 0 Å². The lowest BCUT2D eigenvalue weighted by molar-refractivity contribution is -0.141. The fourth-order valence-electron chi connectivity index (χ4n) is 2.81. The zero-order chi connectivity index (χ0) is 19.5. The molecule has 1 aromatic carbocycles. The van der Waals surface area contributed by atoms with E-state index in [0.29, 0.717) is 11.4 Å². The summed E-state index contributed by atoms with van der Waals surface area (Å²) in [5.74, 6) is -1.54. The lowest BCUT2D eigenvalue weighted by Gasteiger charge is -2.22. The van der Waals surface area contributed by atoms with Crippen molar-refractivity contribution in [2.75, 3.05) is 18.0 Å². The number of carboxylic acids is 1. The predicted molar refractivity (Wildman–Crippen MR) is 90.6 cm³/mol. The standard InChI is InChI=1S/C18H19F3N2O3/c1-12-8-15(13(2)23(12)11-18(19,20)21)16(24)9-22(10-17(25)26)14-6-4-3-5-7-14/h3-8H,9-11H2,1-2H3,(H,25,26). The summed E-state index contributed by atoms with van der Waals surface area (Å²) in [6, 6.07) is 9.93. The summed E-state index contributed by atoms with van der Waals surface area (Å²) in [5.41, 5.74) is 1.26. The van der Waals surface area contributed by atoms with Crippen LogP contribution < -0.4 is 4.90 Å². The average Bonchev–Trinajstić information content (AvgIpc) is 2.81. The van der Waals surface area contributed by atoms with E-state index in [-0.39, 0.29) is 17.8 Å². The van der Waals surface area contributed by atoms with Crippen molar-refractivity contribution in [3.8, 4) is 0 Å². The molecule has 2 rings (SSSR count). The number of carboxylic acid groups (broad SMARTS) is 1. The van der Waals surface area contributed by atoms with Gasteiger partial charge in [0.05, 0.1) is 6.54 Å². The number of aryl methyl sites for hydroxylation is 1. The molecular weight excluding hydrogens is 349 g/mol. The highest BCUT2D eigenvalue weighted by atomic mass is 19.4. The Balaban J connectivity index is 2.27. The van der Waals surface area contributed by atoms with E-state index in [9.17, 15) is 22.8 Å². The van der Waals surface area contributed by atoms with Crippen molar-refractivity contribution in [3.05, 3.63) is 53.3 Å². The molecule has 1 aromatic heterocycles. The molecule has 0 aliphatic rings. The summed E-state index contributed by atoms with van der Waals surface area (Å²) in [6.45, 7) is 1.15. The number of carbonyl (C=O) groups excluding carboxylic acids is 1. The van der Waals surface area contributed by atoms with Crippen LogP contribution in [0.5, 0.6) is 0 Å². The molecule has 0 fully saturated rings. The predicted octanol–water partition coefficient (Wildman–Crippen LogP) is 3.44. The molecule has 8 heteroatoms. The number of para-hydroxylation sites is 1. The summed E-state index contributed by atoms with van der Waals surface area (Å²) in [6.07, 6.45) is -4.39. The minimum absolute atomic E-state index is 0.165. The van der Waals surface area contributed by atoms with Gasteiger partial charge in [-0.2, -0.15) is 13.2 Å². The zero-order valence-corrected chi connectivity index (χ0v) is 14.4. The first-order valence-electron chi connectivity index (χ1n) is 7.87. The van der Waals surface area contributed by atoms with Gasteiger partial charge in [-0.05, 0) is 32.0 Å². The molecule has 26 heavy (non-hydrogen) atoms. The Kier molecular flexibility index (Phi) is 5.74. The quantitative estimate of drug-likeness (QED) is 0.761. The number of anilines is 1. The number of benzene rings is 1. The van der Waals surface area contributed by atoms with Crippen LogP contribution in [0, 0.1) is 13.8 Å². The van der Waals surface area contributed by atoms with Crippen LogP contribution in [-0.4, -0.2) is 40.7 Å². The number of carbonyl (C=O) groups is 2. The molecule has 1 heterocycles. The first kappa shape index (κ1) is 19.6. The maximum Gasteiger partial charge on any atom is 0.406 e. The van der Waals surface area contributed by atoms with Crippen molar-refractivity contribution in [1.29, 1.82) is 0 Å². The molecule has 0 spiro atoms. The van der Waals surface area contributed by atoms with E-state index in [4.69, 9.17) is 5.11 Å². The fraction of sp³-hybridized carbons (Fsp3) is 0.333. The van der Waals surface area contributed by atoms with Gasteiger partial charge in [-0.15, -0.1) is 0 Å². The Bertz CT molecular complexity index is 798. The average molecular weight is 368 g/mol. The van der Waals surface area contributed by atoms with Crippen LogP contribution >= 0.6 is 0 Å². The van der Waals surface area contributed by atoms with Crippen molar-refractivity contribution in [1.82, 2.24) is 4.57 Å². The normalized spacial score (nSPS) is 11.4. The number of rotatable bonds is 7. The molecule has 140 valence electrons. The van der Waals surface area contributed by atoms with Crippen LogP contribution in [0.1, 0.15) is 21.7 Å². The molecule has 0 atom stereocenters. The van der Waals surface area contributed by atoms with Gasteiger partial charge in [0.2, 0.25) is 0 Å². The van der Waals surface area contributed by atoms with Gasteiger partial charge in [0, 0.05) is 22.6 Å². The van der Waals surface area contributed by atoms with Crippen molar-refractivity contribution >= 4 is 17.4 Å². The number of hydrogen-bond donors (Lipinski definition) is 1. The van der Waals surface area contributed by atoms with E-state index in [0.717, 1.165) is 4.57 Å². The first-order chi connectivity index (χ1) is 12.1. The van der Waals surface area contributed by atoms with Gasteiger partial charge < -0.3 is 14.6 Å². The Morgan fingerprint density at radius 3 is 2.27 bits per heavy atom. The molecule has 0 bridgehead atoms. The van der Waals surface area contributed by atoms with Crippen LogP contribution in [0.3, 0.4) is 0 Å². The van der Waals surface area contributed by atoms with E-state index in [1.54, 1.807) is 30.3 Å². The Morgan fingerprint density at radius 2 is 1.73 bits per heavy atom. The summed E-state index contributed by atoms with van der Waals surface area (Å²) in [7, 11) is 0. The van der Waals surface area contributed by atoms with Gasteiger partial charge in [0.1, 0.15) is 13.1 Å². The number of alkyl halides is 3. The molecule has 0 radical (unpaired) electrons. The van der Waals surface area contributed by atoms with Crippen molar-refractivity contribution in [3.63, 3.8) is 0 Å². The number of Topliss-reactive ketones (excluding diaryl/α,β-unsaturated/α-hetero) is 1. The Labute approximate surface area is 148 Å². The zero-order valence-electron chi connectivity index (χ0n) is 14.4. The van der Waals surface area contributed by atoms with Crippen molar-refractivity contribution in [2.24, 2.45) is 0 Å². The summed E-state index contributed by atoms with van der Waals surface area (Å²) in [5, 5.41) is 9.08. The van der Waals surface area contributed by atoms with E-state index in [1.165, 1.54) is 24.8 Å². The molecule has 0 aliphatic heterocycles. The van der Waals surface area contributed by atoms with E-state index in [2.05, 4.69) is 0 Å². The van der Waals surface area contributed by atoms with E-state index in [1.807, 2.05) is 0 Å². The van der Waals surface area contributed by atoms with Gasteiger partial charge >= 0.3 is 12.1 Å². The minimum atomic E-state index is -4.39. The summed E-state index contributed by atoms with van der Waals surface area (Å²) in [4.78, 5) is 25.1. The molecule has 5 nitrogen and oxygen atoms in total. The Morgan fingerprint density at radius 1 is 1.12 bits per heavy atom. The highest BCUT2D eigenvalue weighted by Gasteiger charge is 2.30. The second-order valence-corrected chi connectivity index (χ2v) is 5.99. The number of nitrogens with zero attached hydrogens (tertiary/aromatic N) is 2. The lowest BCUT2D eigenvalue weighted by atomic mass is 10.1. The lowest BCUT2D eigenvalue weighted by Crippen LogP contribution is -2.34. The minimum Gasteiger partial charge on any atom is -0.480 e. The van der Waals surface area contributed by atoms with Gasteiger partial charge in [0.15, 0.2) is 5.78 Å². The molecule has 0 saturated carbocycles. The summed E-state index contributed by atoms with van der Waals surface area (Å²) >= 11 is 0. The second kappa shape index (κ2) is 7.63. The highest BCUT2D eigenvalue weighted by molar-refractivity contribution is 6.01. The fourth-order valence-corrected chi connectivity index (χ4v) is 2.81. The van der Waals surface area contributed by atoms with Crippen LogP contribution in [0.25, 0.3) is 0 Å². The molecule has 0 amide bonds. The maximum atomic E-state index is 12.7. The van der Waals surface area contributed by atoms with Gasteiger partial charge in [0.25, 0.3) is 0 Å². The second-order valence-electron chi connectivity index (χ2n) is 5.99. The number of aromatic nitrogens is 1. The third-order valence-electron chi connectivity index (χ3n) is 3.99. The van der Waals surface area contributed by atoms with Gasteiger partial charge in [-0.3, -0.25) is 9.59 Å². The number of hydrogen-bond acceptors (Lipinski definition) is 3. The third kappa shape index (κ3) is 4.87. The van der Waals surface area contributed by atoms with Crippen molar-refractivity contribution in [2.45, 2.75) is 26.6 Å². The number of halogens is 3. The Hall–Kier alpha value is -2.77. The number of aliphatic carboxylic acids is 1. The molecule has 0 saturated heterocycles. The van der Waals surface area contributed by atoms with Gasteiger partial charge in [-0.1, -0.05) is 18.2 Å². The summed E-state index contributed by atoms with van der Waals surface area (Å²) < 4.78 is 39.2. The molecule has 2 aromatic rings. The largest absolute Gasteiger partial charge is 0.480 e. The molecular formula is C18H19F3N2O3. The highest BCUT2D eigenvalue weighted by Crippen LogP contribution is 2.24. The number of ketones is 1. The smallest absolute Gasteiger partial charge is 0.406 e. The third-order valence-corrected chi connectivity index (χ3v) is 3.99. The van der Waals surface area contributed by atoms with Crippen molar-refractivity contribution < 1.29 is 27.9 Å². The van der Waals surface area contributed by atoms with Crippen LogP contribution in [0.15, 0.2) is 36.4 Å². The molecule has 0 aliphatic carbocycles. The van der Waals surface area contributed by atoms with E-state index >= 15 is 0 Å². The maximum absolute atomic E-state index is 12.7. The molecule has 0 unspecified atom stereocenters. The monoisotopic (exact) mass is 368 g/mol. The first-order valence-corrected chi connectivity index (χ1v) is 7.87.